The monoisotopic (exact) mass is 297 g/mol. The van der Waals surface area contributed by atoms with Crippen molar-refractivity contribution in [1.82, 2.24) is 0 Å². The van der Waals surface area contributed by atoms with Crippen LogP contribution in [0.25, 0.3) is 5.57 Å². The molecule has 1 aliphatic heterocycles. The van der Waals surface area contributed by atoms with Gasteiger partial charge in [0.05, 0.1) is 12.8 Å². The van der Waals surface area contributed by atoms with E-state index in [9.17, 15) is 4.79 Å². The normalized spacial score (nSPS) is 24.5. The number of rotatable bonds is 3. The Kier molecular flexibility index (Phi) is 4.32. The van der Waals surface area contributed by atoms with E-state index in [1.54, 1.807) is 7.11 Å². The molecule has 1 N–H and O–H groups in total. The van der Waals surface area contributed by atoms with Gasteiger partial charge in [0, 0.05) is 11.1 Å². The molecule has 0 aromatic heterocycles. The number of carbonyl (C=O) groups is 1. The fourth-order valence-electron chi connectivity index (χ4n) is 3.51. The lowest BCUT2D eigenvalue weighted by atomic mass is 9.82. The third-order valence-corrected chi connectivity index (χ3v) is 4.77. The Hall–Kier alpha value is -2.03. The summed E-state index contributed by atoms with van der Waals surface area (Å²) < 4.78 is 5.33. The first-order valence-electron chi connectivity index (χ1n) is 8.14. The topological polar surface area (TPSA) is 38.3 Å². The summed E-state index contributed by atoms with van der Waals surface area (Å²) in [5.74, 6) is 1.35. The molecular weight excluding hydrogens is 274 g/mol. The Morgan fingerprint density at radius 2 is 2.18 bits per heavy atom. The van der Waals surface area contributed by atoms with Crippen molar-refractivity contribution < 1.29 is 9.53 Å². The predicted molar refractivity (Wildman–Crippen MR) is 89.9 cm³/mol. The number of methoxy groups -OCH3 is 1. The van der Waals surface area contributed by atoms with E-state index in [0.717, 1.165) is 23.2 Å². The standard InChI is InChI=1S/C19H23NO2/c1-3-13-7-4-5-8-14(13)11-12-16-15-9-6-10-17(22-2)18(15)20-19(16)21/h6,9-13H,3-5,7-8H2,1-2H3,(H,20,21)/b14-11-,16-12+. The number of nitrogens with one attached hydrogen (secondary N) is 1. The zero-order valence-electron chi connectivity index (χ0n) is 13.3. The van der Waals surface area contributed by atoms with Crippen LogP contribution in [0, 0.1) is 5.92 Å². The molecule has 1 saturated carbocycles. The van der Waals surface area contributed by atoms with Gasteiger partial charge in [0.15, 0.2) is 0 Å². The highest BCUT2D eigenvalue weighted by atomic mass is 16.5. The lowest BCUT2D eigenvalue weighted by Crippen LogP contribution is -2.09. The van der Waals surface area contributed by atoms with Crippen LogP contribution < -0.4 is 10.1 Å². The van der Waals surface area contributed by atoms with Crippen LogP contribution in [0.5, 0.6) is 5.75 Å². The van der Waals surface area contributed by atoms with Crippen LogP contribution in [0.3, 0.4) is 0 Å². The Labute approximate surface area is 132 Å². The van der Waals surface area contributed by atoms with Gasteiger partial charge < -0.3 is 10.1 Å². The molecule has 3 heteroatoms. The van der Waals surface area contributed by atoms with Gasteiger partial charge in [0.25, 0.3) is 5.91 Å². The number of anilines is 1. The van der Waals surface area contributed by atoms with Crippen LogP contribution in [0.2, 0.25) is 0 Å². The molecule has 0 radical (unpaired) electrons. The number of benzene rings is 1. The molecule has 3 nitrogen and oxygen atoms in total. The lowest BCUT2D eigenvalue weighted by molar-refractivity contribution is -0.110. The van der Waals surface area contributed by atoms with Crippen LogP contribution >= 0.6 is 0 Å². The summed E-state index contributed by atoms with van der Waals surface area (Å²) in [4.78, 5) is 12.3. The van der Waals surface area contributed by atoms with Gasteiger partial charge in [0.2, 0.25) is 0 Å². The van der Waals surface area contributed by atoms with Gasteiger partial charge in [-0.2, -0.15) is 0 Å². The zero-order chi connectivity index (χ0) is 15.5. The molecule has 1 unspecified atom stereocenters. The minimum Gasteiger partial charge on any atom is -0.495 e. The van der Waals surface area contributed by atoms with Crippen LogP contribution in [0.4, 0.5) is 5.69 Å². The van der Waals surface area contributed by atoms with Crippen molar-refractivity contribution in [1.29, 1.82) is 0 Å². The smallest absolute Gasteiger partial charge is 0.256 e. The average Bonchev–Trinajstić information content (AvgIpc) is 2.88. The molecule has 1 fully saturated rings. The van der Waals surface area contributed by atoms with E-state index < -0.39 is 0 Å². The molecule has 3 rings (SSSR count). The Morgan fingerprint density at radius 1 is 1.32 bits per heavy atom. The van der Waals surface area contributed by atoms with E-state index >= 15 is 0 Å². The van der Waals surface area contributed by atoms with E-state index in [4.69, 9.17) is 4.74 Å². The van der Waals surface area contributed by atoms with Crippen molar-refractivity contribution in [3.63, 3.8) is 0 Å². The van der Waals surface area contributed by atoms with Crippen molar-refractivity contribution >= 4 is 17.2 Å². The molecule has 1 aliphatic carbocycles. The van der Waals surface area contributed by atoms with Gasteiger partial charge in [0.1, 0.15) is 5.75 Å². The van der Waals surface area contributed by atoms with Crippen molar-refractivity contribution in [2.24, 2.45) is 5.92 Å². The maximum Gasteiger partial charge on any atom is 0.256 e. The summed E-state index contributed by atoms with van der Waals surface area (Å²) in [6.45, 7) is 2.25. The van der Waals surface area contributed by atoms with Gasteiger partial charge in [-0.05, 0) is 43.7 Å². The van der Waals surface area contributed by atoms with Gasteiger partial charge in [-0.1, -0.05) is 37.1 Å². The molecule has 1 aromatic carbocycles. The number of hydrogen-bond donors (Lipinski definition) is 1. The fourth-order valence-corrected chi connectivity index (χ4v) is 3.51. The van der Waals surface area contributed by atoms with E-state index in [2.05, 4.69) is 18.3 Å². The number of para-hydroxylation sites is 1. The first-order chi connectivity index (χ1) is 10.7. The quantitative estimate of drug-likeness (QED) is 0.831. The van der Waals surface area contributed by atoms with Crippen molar-refractivity contribution in [2.75, 3.05) is 12.4 Å². The molecular formula is C19H23NO2. The third-order valence-electron chi connectivity index (χ3n) is 4.77. The first-order valence-corrected chi connectivity index (χ1v) is 8.14. The first kappa shape index (κ1) is 14.9. The van der Waals surface area contributed by atoms with Crippen molar-refractivity contribution in [3.8, 4) is 5.75 Å². The molecule has 1 aromatic rings. The molecule has 0 saturated heterocycles. The fraction of sp³-hybridized carbons (Fsp3) is 0.421. The second-order valence-electron chi connectivity index (χ2n) is 6.01. The van der Waals surface area contributed by atoms with Crippen LogP contribution in [-0.4, -0.2) is 13.0 Å². The summed E-state index contributed by atoms with van der Waals surface area (Å²) in [6.07, 6.45) is 10.4. The van der Waals surface area contributed by atoms with Crippen LogP contribution in [0.15, 0.2) is 35.9 Å². The summed E-state index contributed by atoms with van der Waals surface area (Å²) in [5.41, 5.74) is 3.95. The lowest BCUT2D eigenvalue weighted by Gasteiger charge is -2.23. The highest BCUT2D eigenvalue weighted by Crippen LogP contribution is 2.39. The van der Waals surface area contributed by atoms with Crippen LogP contribution in [-0.2, 0) is 4.79 Å². The van der Waals surface area contributed by atoms with E-state index in [1.807, 2.05) is 24.3 Å². The number of allylic oxidation sites excluding steroid dienone is 3. The number of amides is 1. The average molecular weight is 297 g/mol. The minimum absolute atomic E-state index is 0.0415. The Bertz CT molecular complexity index is 643. The molecule has 22 heavy (non-hydrogen) atoms. The summed E-state index contributed by atoms with van der Waals surface area (Å²) in [5, 5.41) is 2.92. The molecule has 116 valence electrons. The summed E-state index contributed by atoms with van der Waals surface area (Å²) in [7, 11) is 1.62. The number of fused-ring (bicyclic) bond motifs is 1. The number of hydrogen-bond acceptors (Lipinski definition) is 2. The summed E-state index contributed by atoms with van der Waals surface area (Å²) >= 11 is 0. The van der Waals surface area contributed by atoms with E-state index in [1.165, 1.54) is 31.3 Å². The van der Waals surface area contributed by atoms with Crippen molar-refractivity contribution in [2.45, 2.75) is 39.0 Å². The second-order valence-corrected chi connectivity index (χ2v) is 6.01. The van der Waals surface area contributed by atoms with Gasteiger partial charge >= 0.3 is 0 Å². The predicted octanol–water partition coefficient (Wildman–Crippen LogP) is 4.56. The van der Waals surface area contributed by atoms with Gasteiger partial charge in [-0.3, -0.25) is 4.79 Å². The van der Waals surface area contributed by atoms with E-state index in [-0.39, 0.29) is 5.91 Å². The maximum absolute atomic E-state index is 12.3. The van der Waals surface area contributed by atoms with Crippen molar-refractivity contribution in [3.05, 3.63) is 41.5 Å². The molecule has 1 atom stereocenters. The number of carbonyl (C=O) groups excluding carboxylic acids is 1. The maximum atomic E-state index is 12.3. The second kappa shape index (κ2) is 6.39. The van der Waals surface area contributed by atoms with E-state index in [0.29, 0.717) is 11.7 Å². The molecule has 1 amide bonds. The van der Waals surface area contributed by atoms with Gasteiger partial charge in [-0.25, -0.2) is 0 Å². The number of ether oxygens (including phenoxy) is 1. The third kappa shape index (κ3) is 2.68. The largest absolute Gasteiger partial charge is 0.495 e. The Morgan fingerprint density at radius 3 is 2.95 bits per heavy atom. The molecule has 0 bridgehead atoms. The Balaban J connectivity index is 1.94. The summed E-state index contributed by atoms with van der Waals surface area (Å²) in [6, 6.07) is 5.77. The molecule has 0 spiro atoms. The molecule has 2 aliphatic rings. The highest BCUT2D eigenvalue weighted by Gasteiger charge is 2.26. The van der Waals surface area contributed by atoms with Gasteiger partial charge in [-0.15, -0.1) is 0 Å². The van der Waals surface area contributed by atoms with Crippen LogP contribution in [0.1, 0.15) is 44.6 Å². The zero-order valence-corrected chi connectivity index (χ0v) is 13.3. The highest BCUT2D eigenvalue weighted by molar-refractivity contribution is 6.32. The SMILES string of the molecule is CCC1CCCC/C1=C/C=C1/C(=O)Nc2c(OC)cccc21. The minimum atomic E-state index is -0.0415. The molecule has 1 heterocycles.